The highest BCUT2D eigenvalue weighted by Crippen LogP contribution is 2.32. The molecule has 0 aromatic heterocycles. The third-order valence-electron chi connectivity index (χ3n) is 2.39. The first kappa shape index (κ1) is 10.3. The molecule has 0 amide bonds. The monoisotopic (exact) mass is 207 g/mol. The van der Waals surface area contributed by atoms with Gasteiger partial charge < -0.3 is 5.11 Å². The number of benzene rings is 1. The van der Waals surface area contributed by atoms with E-state index in [4.69, 9.17) is 0 Å². The average Bonchev–Trinajstić information content (AvgIpc) is 2.56. The summed E-state index contributed by atoms with van der Waals surface area (Å²) in [6, 6.07) is 8.04. The zero-order chi connectivity index (χ0) is 10.8. The molecule has 0 aliphatic carbocycles. The van der Waals surface area contributed by atoms with Crippen LogP contribution < -0.4 is 15.6 Å². The van der Waals surface area contributed by atoms with Crippen LogP contribution in [0.2, 0.25) is 0 Å². The van der Waals surface area contributed by atoms with E-state index in [2.05, 4.69) is 30.5 Å². The van der Waals surface area contributed by atoms with E-state index in [0.29, 0.717) is 5.92 Å². The number of nitrogens with zero attached hydrogens (tertiary/aromatic N) is 2. The Morgan fingerprint density at radius 1 is 1.20 bits per heavy atom. The summed E-state index contributed by atoms with van der Waals surface area (Å²) < 4.78 is 0. The van der Waals surface area contributed by atoms with E-state index in [1.165, 1.54) is 0 Å². The minimum atomic E-state index is -0.0222. The molecule has 1 aliphatic heterocycles. The summed E-state index contributed by atoms with van der Waals surface area (Å²) in [5.74, 6) is 0.573. The van der Waals surface area contributed by atoms with Crippen molar-refractivity contribution in [3.8, 4) is 0 Å². The summed E-state index contributed by atoms with van der Waals surface area (Å²) >= 11 is 0. The highest BCUT2D eigenvalue weighted by Gasteiger charge is 2.24. The van der Waals surface area contributed by atoms with Crippen LogP contribution in [-0.4, -0.2) is 18.4 Å². The quantitative estimate of drug-likeness (QED) is 0.784. The molecule has 0 fully saturated rings. The van der Waals surface area contributed by atoms with Crippen LogP contribution in [0.15, 0.2) is 24.3 Å². The van der Waals surface area contributed by atoms with Crippen LogP contribution in [0.5, 0.6) is 0 Å². The smallest absolute Gasteiger partial charge is 0.132 e. The van der Waals surface area contributed by atoms with Gasteiger partial charge in [-0.2, -0.15) is 0 Å². The van der Waals surface area contributed by atoms with Crippen molar-refractivity contribution in [1.82, 2.24) is 5.53 Å². The minimum absolute atomic E-state index is 0.0222. The molecule has 1 aliphatic rings. The molecular weight excluding hydrogens is 190 g/mol. The van der Waals surface area contributed by atoms with Crippen LogP contribution in [0.4, 0.5) is 11.4 Å². The van der Waals surface area contributed by atoms with Gasteiger partial charge in [-0.25, -0.2) is 0 Å². The van der Waals surface area contributed by atoms with E-state index in [-0.39, 0.29) is 6.73 Å². The van der Waals surface area contributed by atoms with Gasteiger partial charge in [0.1, 0.15) is 6.73 Å². The van der Waals surface area contributed by atoms with E-state index < -0.39 is 0 Å². The number of hydrogen-bond donors (Lipinski definition) is 2. The maximum absolute atomic E-state index is 9.20. The molecule has 82 valence electrons. The van der Waals surface area contributed by atoms with Gasteiger partial charge in [-0.15, -0.1) is 5.53 Å². The lowest BCUT2D eigenvalue weighted by molar-refractivity contribution is 0.276. The fourth-order valence-corrected chi connectivity index (χ4v) is 1.79. The first-order valence-corrected chi connectivity index (χ1v) is 5.23. The van der Waals surface area contributed by atoms with Gasteiger partial charge >= 0.3 is 0 Å². The first-order chi connectivity index (χ1) is 7.22. The Kier molecular flexibility index (Phi) is 2.79. The lowest BCUT2D eigenvalue weighted by Crippen LogP contribution is -2.46. The summed E-state index contributed by atoms with van der Waals surface area (Å²) in [6.45, 7) is 5.25. The van der Waals surface area contributed by atoms with Crippen LogP contribution in [0.1, 0.15) is 13.8 Å². The van der Waals surface area contributed by atoms with Crippen molar-refractivity contribution >= 4 is 11.4 Å². The van der Waals surface area contributed by atoms with Gasteiger partial charge in [-0.3, -0.25) is 10.0 Å². The number of rotatable bonds is 3. The van der Waals surface area contributed by atoms with Gasteiger partial charge in [0.15, 0.2) is 0 Å². The van der Waals surface area contributed by atoms with Crippen molar-refractivity contribution in [2.24, 2.45) is 5.92 Å². The van der Waals surface area contributed by atoms with E-state index >= 15 is 0 Å². The van der Waals surface area contributed by atoms with Crippen molar-refractivity contribution in [2.75, 3.05) is 23.3 Å². The maximum Gasteiger partial charge on any atom is 0.132 e. The molecule has 0 unspecified atom stereocenters. The molecule has 0 radical (unpaired) electrons. The van der Waals surface area contributed by atoms with E-state index in [0.717, 1.165) is 17.9 Å². The number of aliphatic hydroxyl groups excluding tert-OH is 1. The topological polar surface area (TPSA) is 38.7 Å². The van der Waals surface area contributed by atoms with Crippen molar-refractivity contribution in [2.45, 2.75) is 13.8 Å². The highest BCUT2D eigenvalue weighted by atomic mass is 16.3. The highest BCUT2D eigenvalue weighted by molar-refractivity contribution is 5.74. The van der Waals surface area contributed by atoms with Crippen LogP contribution in [0.25, 0.3) is 0 Å². The summed E-state index contributed by atoms with van der Waals surface area (Å²) in [4.78, 5) is 0. The molecule has 0 saturated carbocycles. The average molecular weight is 207 g/mol. The molecule has 15 heavy (non-hydrogen) atoms. The van der Waals surface area contributed by atoms with Gasteiger partial charge in [-0.05, 0) is 18.1 Å². The second kappa shape index (κ2) is 4.08. The standard InChI is InChI=1S/C11H17N3O/c1-9(2)7-13-10-5-3-4-6-11(10)14(8-15)12-13/h3-6,9,12,15H,7-8H2,1-2H3. The van der Waals surface area contributed by atoms with Crippen molar-refractivity contribution in [3.05, 3.63) is 24.3 Å². The van der Waals surface area contributed by atoms with Crippen LogP contribution in [0.3, 0.4) is 0 Å². The summed E-state index contributed by atoms with van der Waals surface area (Å²) in [5, 5.41) is 13.0. The molecule has 1 heterocycles. The number of nitrogens with one attached hydrogen (secondary N) is 1. The number of aliphatic hydroxyl groups is 1. The number of anilines is 2. The lowest BCUT2D eigenvalue weighted by Gasteiger charge is -2.22. The predicted molar refractivity (Wildman–Crippen MR) is 61.3 cm³/mol. The zero-order valence-electron chi connectivity index (χ0n) is 9.14. The molecule has 0 bridgehead atoms. The fraction of sp³-hybridized carbons (Fsp3) is 0.455. The molecule has 2 N–H and O–H groups in total. The second-order valence-electron chi connectivity index (χ2n) is 4.16. The fourth-order valence-electron chi connectivity index (χ4n) is 1.79. The van der Waals surface area contributed by atoms with Gasteiger partial charge in [0.25, 0.3) is 0 Å². The summed E-state index contributed by atoms with van der Waals surface area (Å²) in [5.41, 5.74) is 5.31. The van der Waals surface area contributed by atoms with Gasteiger partial charge in [0.05, 0.1) is 11.4 Å². The minimum Gasteiger partial charge on any atom is -0.375 e. The Bertz CT molecular complexity index is 340. The number of hydrogen-bond acceptors (Lipinski definition) is 4. The predicted octanol–water partition coefficient (Wildman–Crippen LogP) is 1.34. The third-order valence-corrected chi connectivity index (χ3v) is 2.39. The lowest BCUT2D eigenvalue weighted by atomic mass is 10.2. The summed E-state index contributed by atoms with van der Waals surface area (Å²) in [7, 11) is 0. The number of fused-ring (bicyclic) bond motifs is 1. The molecule has 1 aromatic carbocycles. The van der Waals surface area contributed by atoms with E-state index in [9.17, 15) is 5.11 Å². The van der Waals surface area contributed by atoms with Crippen molar-refractivity contribution < 1.29 is 5.11 Å². The maximum atomic E-state index is 9.20. The molecule has 0 saturated heterocycles. The molecule has 2 rings (SSSR count). The normalized spacial score (nSPS) is 14.9. The molecule has 4 nitrogen and oxygen atoms in total. The van der Waals surface area contributed by atoms with Gasteiger partial charge in [0, 0.05) is 6.54 Å². The Balaban J connectivity index is 2.25. The molecule has 4 heteroatoms. The van der Waals surface area contributed by atoms with Crippen LogP contribution >= 0.6 is 0 Å². The largest absolute Gasteiger partial charge is 0.375 e. The van der Waals surface area contributed by atoms with Crippen LogP contribution in [0, 0.1) is 5.92 Å². The Morgan fingerprint density at radius 2 is 1.80 bits per heavy atom. The molecular formula is C11H17N3O. The van der Waals surface area contributed by atoms with E-state index in [1.54, 1.807) is 5.01 Å². The Labute approximate surface area is 90.1 Å². The Morgan fingerprint density at radius 3 is 2.33 bits per heavy atom. The third kappa shape index (κ3) is 1.91. The van der Waals surface area contributed by atoms with E-state index in [1.807, 2.05) is 18.2 Å². The van der Waals surface area contributed by atoms with Gasteiger partial charge in [0.2, 0.25) is 0 Å². The second-order valence-corrected chi connectivity index (χ2v) is 4.16. The first-order valence-electron chi connectivity index (χ1n) is 5.23. The number of para-hydroxylation sites is 2. The molecule has 1 aromatic rings. The van der Waals surface area contributed by atoms with Crippen LogP contribution in [-0.2, 0) is 0 Å². The van der Waals surface area contributed by atoms with Crippen molar-refractivity contribution in [3.63, 3.8) is 0 Å². The Hall–Kier alpha value is -1.26. The summed E-state index contributed by atoms with van der Waals surface area (Å²) in [6.07, 6.45) is 0. The molecule has 0 atom stereocenters. The van der Waals surface area contributed by atoms with Crippen molar-refractivity contribution in [1.29, 1.82) is 0 Å². The zero-order valence-corrected chi connectivity index (χ0v) is 9.14. The number of hydrazine groups is 2. The SMILES string of the molecule is CC(C)CN1NN(CO)c2ccccc21. The van der Waals surface area contributed by atoms with Gasteiger partial charge in [-0.1, -0.05) is 26.0 Å². The molecule has 0 spiro atoms.